The Labute approximate surface area is 44.6 Å². The van der Waals surface area contributed by atoms with Crippen LogP contribution in [0.1, 0.15) is 0 Å². The summed E-state index contributed by atoms with van der Waals surface area (Å²) in [5.41, 5.74) is 0. The van der Waals surface area contributed by atoms with Crippen LogP contribution in [0.25, 0.3) is 0 Å². The zero-order valence-corrected chi connectivity index (χ0v) is 4.45. The molecule has 6 heteroatoms. The predicted molar refractivity (Wildman–Crippen MR) is 20.0 cm³/mol. The van der Waals surface area contributed by atoms with E-state index in [1.807, 2.05) is 0 Å². The summed E-state index contributed by atoms with van der Waals surface area (Å²) in [5.74, 6) is 0. The van der Waals surface area contributed by atoms with E-state index in [0.717, 1.165) is 0 Å². The van der Waals surface area contributed by atoms with Crippen molar-refractivity contribution in [2.45, 2.75) is 12.7 Å². The topological polar surface area (TPSA) is 18.5 Å². The molecular weight excluding hydrogens is 144 g/mol. The third-order valence-corrected chi connectivity index (χ3v) is 1.31. The van der Waals surface area contributed by atoms with Gasteiger partial charge >= 0.3 is 8.69 Å². The van der Waals surface area contributed by atoms with Gasteiger partial charge in [-0.05, 0) is 0 Å². The Morgan fingerprint density at radius 1 is 1.12 bits per heavy atom. The lowest BCUT2D eigenvalue weighted by Crippen LogP contribution is -2.09. The van der Waals surface area contributed by atoms with Gasteiger partial charge in [0.1, 0.15) is 0 Å². The molecule has 8 heavy (non-hydrogen) atoms. The second kappa shape index (κ2) is 2.17. The molecule has 0 radical (unpaired) electrons. The van der Waals surface area contributed by atoms with Crippen LogP contribution in [0.2, 0.25) is 0 Å². The lowest BCUT2D eigenvalue weighted by Gasteiger charge is -1.92. The van der Waals surface area contributed by atoms with Crippen LogP contribution in [0.15, 0.2) is 0 Å². The van der Waals surface area contributed by atoms with E-state index in [1.165, 1.54) is 0 Å². The normalized spacial score (nSPS) is 47.6. The summed E-state index contributed by atoms with van der Waals surface area (Å²) in [6.45, 7) is 0. The molecule has 0 saturated carbocycles. The van der Waals surface area contributed by atoms with Crippen LogP contribution in [0.3, 0.4) is 0 Å². The average Bonchev–Trinajstić information content (AvgIpc) is 1.85. The summed E-state index contributed by atoms with van der Waals surface area (Å²) in [6.07, 6.45) is -4.49. The van der Waals surface area contributed by atoms with Gasteiger partial charge in [-0.3, -0.25) is 9.05 Å². The van der Waals surface area contributed by atoms with E-state index in [0.29, 0.717) is 0 Å². The predicted octanol–water partition coefficient (Wildman–Crippen LogP) is 1.82. The highest BCUT2D eigenvalue weighted by atomic mass is 31.2. The smallest absolute Gasteiger partial charge is 0.268 e. The van der Waals surface area contributed by atoms with Crippen LogP contribution in [0.4, 0.5) is 13.0 Å². The van der Waals surface area contributed by atoms with E-state index in [1.54, 1.807) is 0 Å². The second-order valence-electron chi connectivity index (χ2n) is 1.13. The minimum atomic E-state index is -2.79. The van der Waals surface area contributed by atoms with Gasteiger partial charge in [-0.2, -0.15) is 4.20 Å². The molecule has 0 aromatic rings. The molecule has 1 rings (SSSR count). The highest BCUT2D eigenvalue weighted by Gasteiger charge is 2.38. The molecule has 2 nitrogen and oxygen atoms in total. The number of alkyl halides is 2. The molecule has 1 aliphatic rings. The third-order valence-electron chi connectivity index (χ3n) is 0.573. The van der Waals surface area contributed by atoms with Crippen LogP contribution in [-0.2, 0) is 9.05 Å². The van der Waals surface area contributed by atoms with Gasteiger partial charge in [0.05, 0.1) is 0 Å². The maximum atomic E-state index is 11.6. The fraction of sp³-hybridized carbons (Fsp3) is 1.00. The fourth-order valence-corrected chi connectivity index (χ4v) is 0.837. The van der Waals surface area contributed by atoms with Gasteiger partial charge in [0.15, 0.2) is 0 Å². The molecule has 0 N–H and O–H groups in total. The average molecular weight is 146 g/mol. The molecule has 2 unspecified atom stereocenters. The molecule has 1 heterocycles. The van der Waals surface area contributed by atoms with Crippen LogP contribution in [-0.4, -0.2) is 12.7 Å². The largest absolute Gasteiger partial charge is 0.380 e. The number of hydrogen-bond acceptors (Lipinski definition) is 2. The van der Waals surface area contributed by atoms with Gasteiger partial charge in [-0.1, -0.05) is 0 Å². The third kappa shape index (κ3) is 1.10. The van der Waals surface area contributed by atoms with Crippen molar-refractivity contribution in [3.05, 3.63) is 0 Å². The van der Waals surface area contributed by atoms with Crippen LogP contribution < -0.4 is 0 Å². The van der Waals surface area contributed by atoms with Crippen molar-refractivity contribution in [2.24, 2.45) is 0 Å². The summed E-state index contributed by atoms with van der Waals surface area (Å²) in [7, 11) is -2.79. The van der Waals surface area contributed by atoms with E-state index in [9.17, 15) is 13.0 Å². The first kappa shape index (κ1) is 6.26. The van der Waals surface area contributed by atoms with E-state index in [2.05, 4.69) is 9.05 Å². The van der Waals surface area contributed by atoms with Gasteiger partial charge < -0.3 is 0 Å². The van der Waals surface area contributed by atoms with Gasteiger partial charge in [0, 0.05) is 0 Å². The standard InChI is InChI=1S/C2H2F3O2P/c3-1-2(4)7-8(5)6-1/h1-2H. The molecule has 48 valence electrons. The molecule has 1 aliphatic heterocycles. The molecule has 2 atom stereocenters. The quantitative estimate of drug-likeness (QED) is 0.485. The SMILES string of the molecule is FC1OP(F)OC1F. The zero-order valence-electron chi connectivity index (χ0n) is 3.55. The Morgan fingerprint density at radius 3 is 1.62 bits per heavy atom. The monoisotopic (exact) mass is 146 g/mol. The first-order valence-electron chi connectivity index (χ1n) is 1.78. The van der Waals surface area contributed by atoms with Gasteiger partial charge in [-0.15, -0.1) is 0 Å². The first-order chi connectivity index (χ1) is 3.70. The molecular formula is C2H2F3O2P. The van der Waals surface area contributed by atoms with Gasteiger partial charge in [0.2, 0.25) is 0 Å². The minimum absolute atomic E-state index is 2.24. The van der Waals surface area contributed by atoms with Crippen LogP contribution in [0.5, 0.6) is 0 Å². The molecule has 0 aliphatic carbocycles. The number of hydrogen-bond donors (Lipinski definition) is 0. The molecule has 1 fully saturated rings. The summed E-state index contributed by atoms with van der Waals surface area (Å²) in [4.78, 5) is 0. The Kier molecular flexibility index (Phi) is 1.70. The Balaban J connectivity index is 2.39. The van der Waals surface area contributed by atoms with Crippen molar-refractivity contribution in [1.29, 1.82) is 0 Å². The van der Waals surface area contributed by atoms with Crippen molar-refractivity contribution >= 4 is 8.69 Å². The zero-order chi connectivity index (χ0) is 6.15. The van der Waals surface area contributed by atoms with Crippen molar-refractivity contribution in [1.82, 2.24) is 0 Å². The first-order valence-corrected chi connectivity index (χ1v) is 2.84. The Morgan fingerprint density at radius 2 is 1.50 bits per heavy atom. The van der Waals surface area contributed by atoms with E-state index < -0.39 is 21.4 Å². The molecule has 0 bridgehead atoms. The molecule has 0 aromatic heterocycles. The van der Waals surface area contributed by atoms with E-state index >= 15 is 0 Å². The summed E-state index contributed by atoms with van der Waals surface area (Å²) in [6, 6.07) is 0. The van der Waals surface area contributed by atoms with Crippen LogP contribution in [0, 0.1) is 0 Å². The lowest BCUT2D eigenvalue weighted by atomic mass is 10.7. The highest BCUT2D eigenvalue weighted by Crippen LogP contribution is 2.50. The van der Waals surface area contributed by atoms with E-state index in [4.69, 9.17) is 0 Å². The summed E-state index contributed by atoms with van der Waals surface area (Å²) in [5, 5.41) is 0. The fourth-order valence-electron chi connectivity index (χ4n) is 0.279. The highest BCUT2D eigenvalue weighted by molar-refractivity contribution is 7.41. The van der Waals surface area contributed by atoms with Crippen molar-refractivity contribution in [3.63, 3.8) is 0 Å². The molecule has 1 saturated heterocycles. The summed E-state index contributed by atoms with van der Waals surface area (Å²) < 4.78 is 42.0. The molecule has 0 amide bonds. The Hall–Kier alpha value is 0.140. The van der Waals surface area contributed by atoms with Gasteiger partial charge in [0.25, 0.3) is 12.7 Å². The molecule has 0 aromatic carbocycles. The molecule has 0 spiro atoms. The maximum absolute atomic E-state index is 11.6. The minimum Gasteiger partial charge on any atom is -0.268 e. The van der Waals surface area contributed by atoms with Crippen molar-refractivity contribution in [3.8, 4) is 0 Å². The number of rotatable bonds is 0. The van der Waals surface area contributed by atoms with Crippen molar-refractivity contribution < 1.29 is 22.0 Å². The lowest BCUT2D eigenvalue weighted by molar-refractivity contribution is -0.0349. The maximum Gasteiger partial charge on any atom is 0.380 e. The van der Waals surface area contributed by atoms with Gasteiger partial charge in [-0.25, -0.2) is 8.78 Å². The number of halogens is 3. The second-order valence-corrected chi connectivity index (χ2v) is 1.97. The summed E-state index contributed by atoms with van der Waals surface area (Å²) >= 11 is 0. The van der Waals surface area contributed by atoms with Crippen molar-refractivity contribution in [2.75, 3.05) is 0 Å². The van der Waals surface area contributed by atoms with E-state index in [-0.39, 0.29) is 0 Å². The Bertz CT molecular complexity index is 81.4. The van der Waals surface area contributed by atoms with Crippen LogP contribution >= 0.6 is 8.69 Å².